The average Bonchev–Trinajstić information content (AvgIpc) is 2.97. The van der Waals surface area contributed by atoms with Crippen LogP contribution in [0.3, 0.4) is 0 Å². The van der Waals surface area contributed by atoms with Crippen LogP contribution in [0.15, 0.2) is 60.0 Å². The summed E-state index contributed by atoms with van der Waals surface area (Å²) in [6, 6.07) is 13.8. The lowest BCUT2D eigenvalue weighted by Gasteiger charge is -2.07. The first-order valence-electron chi connectivity index (χ1n) is 7.27. The molecule has 0 saturated carbocycles. The second-order valence-corrected chi connectivity index (χ2v) is 5.70. The van der Waals surface area contributed by atoms with Gasteiger partial charge in [-0.15, -0.1) is 0 Å². The highest BCUT2D eigenvalue weighted by Crippen LogP contribution is 2.20. The van der Waals surface area contributed by atoms with Gasteiger partial charge < -0.3 is 9.47 Å². The molecule has 0 unspecified atom stereocenters. The summed E-state index contributed by atoms with van der Waals surface area (Å²) in [5, 5.41) is 0.992. The molecule has 0 spiro atoms. The van der Waals surface area contributed by atoms with Gasteiger partial charge in [0, 0.05) is 11.9 Å². The SMILES string of the molecule is CCOc1ccc(OCCSc2ncc3ccccn23)cc1. The summed E-state index contributed by atoms with van der Waals surface area (Å²) in [6.07, 6.45) is 3.91. The van der Waals surface area contributed by atoms with Crippen LogP contribution in [-0.4, -0.2) is 28.4 Å². The van der Waals surface area contributed by atoms with Gasteiger partial charge in [0.15, 0.2) is 5.16 Å². The largest absolute Gasteiger partial charge is 0.494 e. The standard InChI is InChI=1S/C17H18N2O2S/c1-2-20-15-6-8-16(9-7-15)21-11-12-22-17-18-13-14-5-3-4-10-19(14)17/h3-10,13H,2,11-12H2,1H3. The minimum absolute atomic E-state index is 0.639. The van der Waals surface area contributed by atoms with Crippen molar-refractivity contribution in [2.24, 2.45) is 0 Å². The van der Waals surface area contributed by atoms with Crippen LogP contribution in [0, 0.1) is 0 Å². The first kappa shape index (κ1) is 14.8. The maximum absolute atomic E-state index is 5.74. The molecule has 2 aromatic heterocycles. The normalized spacial score (nSPS) is 10.8. The van der Waals surface area contributed by atoms with Crippen molar-refractivity contribution in [3.05, 3.63) is 54.9 Å². The van der Waals surface area contributed by atoms with E-state index < -0.39 is 0 Å². The highest BCUT2D eigenvalue weighted by atomic mass is 32.2. The zero-order chi connectivity index (χ0) is 15.2. The summed E-state index contributed by atoms with van der Waals surface area (Å²) in [4.78, 5) is 4.43. The molecule has 0 N–H and O–H groups in total. The predicted molar refractivity (Wildman–Crippen MR) is 89.0 cm³/mol. The van der Waals surface area contributed by atoms with E-state index in [2.05, 4.69) is 9.38 Å². The number of ether oxygens (including phenoxy) is 2. The van der Waals surface area contributed by atoms with Crippen LogP contribution in [0.5, 0.6) is 11.5 Å². The van der Waals surface area contributed by atoms with Crippen LogP contribution in [0.25, 0.3) is 5.52 Å². The zero-order valence-corrected chi connectivity index (χ0v) is 13.3. The molecule has 0 atom stereocenters. The molecule has 2 heterocycles. The van der Waals surface area contributed by atoms with Crippen molar-refractivity contribution in [2.75, 3.05) is 19.0 Å². The molecule has 0 saturated heterocycles. The van der Waals surface area contributed by atoms with E-state index in [1.807, 2.05) is 61.8 Å². The summed E-state index contributed by atoms with van der Waals surface area (Å²) >= 11 is 1.69. The van der Waals surface area contributed by atoms with Crippen molar-refractivity contribution >= 4 is 17.3 Å². The molecule has 0 amide bonds. The number of fused-ring (bicyclic) bond motifs is 1. The van der Waals surface area contributed by atoms with Gasteiger partial charge >= 0.3 is 0 Å². The van der Waals surface area contributed by atoms with Gasteiger partial charge in [-0.05, 0) is 43.3 Å². The molecule has 0 radical (unpaired) electrons. The second kappa shape index (κ2) is 7.22. The summed E-state index contributed by atoms with van der Waals surface area (Å²) in [6.45, 7) is 3.29. The third kappa shape index (κ3) is 3.54. The molecule has 0 fully saturated rings. The Bertz CT molecular complexity index is 725. The van der Waals surface area contributed by atoms with Crippen LogP contribution in [-0.2, 0) is 0 Å². The molecule has 0 aliphatic heterocycles. The van der Waals surface area contributed by atoms with Crippen LogP contribution in [0.4, 0.5) is 0 Å². The van der Waals surface area contributed by atoms with Gasteiger partial charge in [0.25, 0.3) is 0 Å². The van der Waals surface area contributed by atoms with Crippen molar-refractivity contribution in [2.45, 2.75) is 12.1 Å². The van der Waals surface area contributed by atoms with E-state index in [0.717, 1.165) is 27.9 Å². The van der Waals surface area contributed by atoms with E-state index in [-0.39, 0.29) is 0 Å². The third-order valence-electron chi connectivity index (χ3n) is 3.12. The molecular weight excluding hydrogens is 296 g/mol. The number of nitrogens with zero attached hydrogens (tertiary/aromatic N) is 2. The molecule has 1 aromatic carbocycles. The second-order valence-electron chi connectivity index (χ2n) is 4.64. The maximum Gasteiger partial charge on any atom is 0.172 e. The van der Waals surface area contributed by atoms with Crippen LogP contribution < -0.4 is 9.47 Å². The van der Waals surface area contributed by atoms with E-state index in [1.165, 1.54) is 0 Å². The Labute approximate surface area is 134 Å². The minimum Gasteiger partial charge on any atom is -0.494 e. The zero-order valence-electron chi connectivity index (χ0n) is 12.4. The molecule has 5 heteroatoms. The van der Waals surface area contributed by atoms with E-state index in [4.69, 9.17) is 9.47 Å². The average molecular weight is 314 g/mol. The molecular formula is C17H18N2O2S. The lowest BCUT2D eigenvalue weighted by atomic mass is 10.3. The van der Waals surface area contributed by atoms with Crippen molar-refractivity contribution in [3.63, 3.8) is 0 Å². The van der Waals surface area contributed by atoms with Gasteiger partial charge in [0.05, 0.1) is 24.9 Å². The molecule has 4 nitrogen and oxygen atoms in total. The minimum atomic E-state index is 0.639. The molecule has 3 aromatic rings. The number of rotatable bonds is 7. The first-order chi connectivity index (χ1) is 10.9. The molecule has 0 bridgehead atoms. The number of imidazole rings is 1. The summed E-state index contributed by atoms with van der Waals surface area (Å²) < 4.78 is 13.2. The Morgan fingerprint density at radius 1 is 1.05 bits per heavy atom. The fraction of sp³-hybridized carbons (Fsp3) is 0.235. The summed E-state index contributed by atoms with van der Waals surface area (Å²) in [5.74, 6) is 2.58. The van der Waals surface area contributed by atoms with Crippen LogP contribution >= 0.6 is 11.8 Å². The molecule has 114 valence electrons. The van der Waals surface area contributed by atoms with Gasteiger partial charge in [0.2, 0.25) is 0 Å². The third-order valence-corrected chi connectivity index (χ3v) is 4.05. The number of aromatic nitrogens is 2. The summed E-state index contributed by atoms with van der Waals surface area (Å²) in [5.41, 5.74) is 1.11. The maximum atomic E-state index is 5.74. The quantitative estimate of drug-likeness (QED) is 0.489. The smallest absolute Gasteiger partial charge is 0.172 e. The van der Waals surface area contributed by atoms with Gasteiger partial charge in [-0.2, -0.15) is 0 Å². The number of thioether (sulfide) groups is 1. The topological polar surface area (TPSA) is 35.8 Å². The Morgan fingerprint density at radius 3 is 2.59 bits per heavy atom. The lowest BCUT2D eigenvalue weighted by molar-refractivity contribution is 0.332. The predicted octanol–water partition coefficient (Wildman–Crippen LogP) is 3.90. The van der Waals surface area contributed by atoms with E-state index in [1.54, 1.807) is 11.8 Å². The van der Waals surface area contributed by atoms with Gasteiger partial charge in [-0.25, -0.2) is 4.98 Å². The lowest BCUT2D eigenvalue weighted by Crippen LogP contribution is -2.01. The van der Waals surface area contributed by atoms with Crippen LogP contribution in [0.1, 0.15) is 6.92 Å². The van der Waals surface area contributed by atoms with E-state index in [9.17, 15) is 0 Å². The van der Waals surface area contributed by atoms with Gasteiger partial charge in [-0.3, -0.25) is 4.40 Å². The molecule has 0 aliphatic carbocycles. The molecule has 3 rings (SSSR count). The Hall–Kier alpha value is -2.14. The van der Waals surface area contributed by atoms with Crippen LogP contribution in [0.2, 0.25) is 0 Å². The fourth-order valence-electron chi connectivity index (χ4n) is 2.12. The molecule has 22 heavy (non-hydrogen) atoms. The van der Waals surface area contributed by atoms with Gasteiger partial charge in [0.1, 0.15) is 11.5 Å². The first-order valence-corrected chi connectivity index (χ1v) is 8.26. The highest BCUT2D eigenvalue weighted by Gasteiger charge is 2.03. The highest BCUT2D eigenvalue weighted by molar-refractivity contribution is 7.99. The Morgan fingerprint density at radius 2 is 1.82 bits per heavy atom. The van der Waals surface area contributed by atoms with Crippen molar-refractivity contribution < 1.29 is 9.47 Å². The number of hydrogen-bond donors (Lipinski definition) is 0. The van der Waals surface area contributed by atoms with E-state index >= 15 is 0 Å². The van der Waals surface area contributed by atoms with Crippen molar-refractivity contribution in [1.29, 1.82) is 0 Å². The Kier molecular flexibility index (Phi) is 4.85. The fourth-order valence-corrected chi connectivity index (χ4v) is 2.90. The summed E-state index contributed by atoms with van der Waals surface area (Å²) in [7, 11) is 0. The molecule has 0 aliphatic rings. The number of benzene rings is 1. The number of hydrogen-bond acceptors (Lipinski definition) is 4. The number of pyridine rings is 1. The van der Waals surface area contributed by atoms with Gasteiger partial charge in [-0.1, -0.05) is 17.8 Å². The Balaban J connectivity index is 1.49. The van der Waals surface area contributed by atoms with Crippen molar-refractivity contribution in [1.82, 2.24) is 9.38 Å². The monoisotopic (exact) mass is 314 g/mol. The van der Waals surface area contributed by atoms with Crippen molar-refractivity contribution in [3.8, 4) is 11.5 Å². The van der Waals surface area contributed by atoms with E-state index in [0.29, 0.717) is 13.2 Å².